The minimum Gasteiger partial charge on any atom is -1.00 e. The summed E-state index contributed by atoms with van der Waals surface area (Å²) >= 11 is 0. The van der Waals surface area contributed by atoms with Crippen molar-refractivity contribution in [2.24, 2.45) is 5.73 Å². The Hall–Kier alpha value is 1.09. The van der Waals surface area contributed by atoms with Gasteiger partial charge in [0.05, 0.1) is 0 Å². The molecule has 0 spiro atoms. The zero-order valence-corrected chi connectivity index (χ0v) is 11.9. The predicted molar refractivity (Wildman–Crippen MR) is 47.3 cm³/mol. The molecule has 2 atom stereocenters. The first kappa shape index (κ1) is 18.5. The molecule has 0 amide bonds. The fraction of sp³-hybridized carbons (Fsp3) is 1.00. The van der Waals surface area contributed by atoms with Crippen LogP contribution in [0.3, 0.4) is 0 Å². The predicted octanol–water partition coefficient (Wildman–Crippen LogP) is -3.67. The van der Waals surface area contributed by atoms with E-state index in [1.165, 1.54) is 0 Å². The van der Waals surface area contributed by atoms with Gasteiger partial charge >= 0.3 is 50.9 Å². The van der Waals surface area contributed by atoms with Crippen LogP contribution in [-0.4, -0.2) is 31.9 Å². The van der Waals surface area contributed by atoms with Crippen molar-refractivity contribution in [1.82, 2.24) is 0 Å². The summed E-state index contributed by atoms with van der Waals surface area (Å²) in [4.78, 5) is 25.6. The Morgan fingerprint density at radius 2 is 2.00 bits per heavy atom. The molecule has 6 N–H and O–H groups in total. The Morgan fingerprint density at radius 3 is 2.27 bits per heavy atom. The summed E-state index contributed by atoms with van der Waals surface area (Å²) in [5, 5.41) is 9.26. The zero-order chi connectivity index (χ0) is 11.4. The van der Waals surface area contributed by atoms with Gasteiger partial charge in [-0.25, -0.2) is 0 Å². The van der Waals surface area contributed by atoms with Crippen LogP contribution in [0.15, 0.2) is 0 Å². The van der Waals surface area contributed by atoms with Gasteiger partial charge in [0.25, 0.3) is 0 Å². The second-order valence-electron chi connectivity index (χ2n) is 2.51. The molecule has 0 rings (SSSR count). The van der Waals surface area contributed by atoms with E-state index in [-0.39, 0.29) is 43.9 Å². The van der Waals surface area contributed by atoms with E-state index in [0.717, 1.165) is 0 Å². The van der Waals surface area contributed by atoms with Crippen molar-refractivity contribution in [2.75, 3.05) is 6.54 Å². The van der Waals surface area contributed by atoms with Gasteiger partial charge in [-0.2, -0.15) is 0 Å². The van der Waals surface area contributed by atoms with Crippen LogP contribution in [0.5, 0.6) is 0 Å². The molecule has 0 aliphatic carbocycles. The summed E-state index contributed by atoms with van der Waals surface area (Å²) in [6.07, 6.45) is -0.472. The number of hydrogen-bond acceptors (Lipinski definition) is 5. The number of nitrogens with two attached hydrogens (primary N) is 1. The largest absolute Gasteiger partial charge is 1.00 e. The molecule has 0 aromatic heterocycles. The number of aliphatic hydroxyl groups is 1. The fourth-order valence-electron chi connectivity index (χ4n) is 0.702. The average Bonchev–Trinajstić information content (AvgIpc) is 1.97. The molecule has 0 aromatic rings. The fourth-order valence-corrected chi connectivity index (χ4v) is 2.13. The van der Waals surface area contributed by atoms with Crippen molar-refractivity contribution in [3.8, 4) is 0 Å². The van der Waals surface area contributed by atoms with Crippen molar-refractivity contribution < 1.29 is 64.4 Å². The van der Waals surface area contributed by atoms with E-state index in [0.29, 0.717) is 0 Å². The summed E-state index contributed by atoms with van der Waals surface area (Å²) in [6, 6.07) is 0. The Labute approximate surface area is 111 Å². The topological polar surface area (TPSA) is 150 Å². The van der Waals surface area contributed by atoms with E-state index in [1.54, 1.807) is 0 Å². The minimum atomic E-state index is -5.04. The van der Waals surface area contributed by atoms with Crippen molar-refractivity contribution in [2.45, 2.75) is 18.4 Å². The molecule has 0 fully saturated rings. The van der Waals surface area contributed by atoms with Crippen molar-refractivity contribution in [3.05, 3.63) is 0 Å². The minimum absolute atomic E-state index is 0. The Balaban J connectivity index is -0.000000845. The van der Waals surface area contributed by atoms with E-state index in [9.17, 15) is 14.2 Å². The number of rotatable bonds is 6. The molecule has 2 unspecified atom stereocenters. The Morgan fingerprint density at radius 1 is 1.53 bits per heavy atom. The third-order valence-corrected chi connectivity index (χ3v) is 3.21. The van der Waals surface area contributed by atoms with Crippen molar-refractivity contribution >= 4 is 15.9 Å². The maximum Gasteiger partial charge on any atom is 1.00 e. The molecule has 0 aliphatic rings. The molecular weight excluding hydrogens is 259 g/mol. The van der Waals surface area contributed by atoms with E-state index in [1.807, 2.05) is 0 Å². The van der Waals surface area contributed by atoms with Gasteiger partial charge in [0, 0.05) is 11.0 Å². The zero-order valence-electron chi connectivity index (χ0n) is 9.11. The molecule has 8 nitrogen and oxygen atoms in total. The normalized spacial score (nSPS) is 16.5. The van der Waals surface area contributed by atoms with Crippen LogP contribution in [0.2, 0.25) is 0 Å². The van der Waals surface area contributed by atoms with Gasteiger partial charge in [-0.15, -0.1) is 4.89 Å². The van der Waals surface area contributed by atoms with Gasteiger partial charge in [0.15, 0.2) is 0 Å². The van der Waals surface area contributed by atoms with Gasteiger partial charge in [0.1, 0.15) is 0 Å². The van der Waals surface area contributed by atoms with Crippen LogP contribution >= 0.6 is 15.9 Å². The van der Waals surface area contributed by atoms with Crippen LogP contribution in [0, 0.1) is 0 Å². The molecule has 0 radical (unpaired) electrons. The summed E-state index contributed by atoms with van der Waals surface area (Å²) in [5.74, 6) is 0. The summed E-state index contributed by atoms with van der Waals surface area (Å²) < 4.78 is 24.9. The maximum atomic E-state index is 10.7. The smallest absolute Gasteiger partial charge is 1.00 e. The van der Waals surface area contributed by atoms with Crippen LogP contribution < -0.4 is 35.3 Å². The Kier molecular flexibility index (Phi) is 9.13. The van der Waals surface area contributed by atoms with E-state index >= 15 is 0 Å². The van der Waals surface area contributed by atoms with Crippen LogP contribution in [0.1, 0.15) is 14.3 Å². The van der Waals surface area contributed by atoms with Gasteiger partial charge in [-0.3, -0.25) is 4.57 Å². The van der Waals surface area contributed by atoms with Gasteiger partial charge in [-0.05, 0) is 13.0 Å². The molecule has 86 valence electrons. The Bertz CT molecular complexity index is 263. The van der Waals surface area contributed by atoms with Gasteiger partial charge in [0.2, 0.25) is 0 Å². The SMILES string of the molecule is NCCCC(O)(O[P+](=O)O)P(=O)(O)O.[H-].[Na+]. The first-order valence-corrected chi connectivity index (χ1v) is 6.30. The second kappa shape index (κ2) is 7.42. The monoisotopic (exact) mass is 272 g/mol. The maximum absolute atomic E-state index is 10.7. The van der Waals surface area contributed by atoms with Crippen LogP contribution in [0.25, 0.3) is 0 Å². The third kappa shape index (κ3) is 6.41. The van der Waals surface area contributed by atoms with Gasteiger partial charge < -0.3 is 22.1 Å². The molecule has 0 saturated carbocycles. The van der Waals surface area contributed by atoms with Crippen LogP contribution in [-0.2, 0) is 13.7 Å². The standard InChI is InChI=1S/C4H11NO7P2.Na.H/c5-3-1-2-4(6,12-13(7)8)14(9,10)11;;/h6H,1-3,5H2,(H2-,7,8,9,10,11);;/q;+1;-1/p+1. The molecule has 0 aliphatic heterocycles. The van der Waals surface area contributed by atoms with E-state index in [2.05, 4.69) is 4.52 Å². The third-order valence-electron chi connectivity index (χ3n) is 1.39. The molecule has 15 heavy (non-hydrogen) atoms. The van der Waals surface area contributed by atoms with Gasteiger partial charge in [-0.1, -0.05) is 4.52 Å². The molecular formula is C4H13NNaO7P2+. The number of hydrogen-bond donors (Lipinski definition) is 5. The summed E-state index contributed by atoms with van der Waals surface area (Å²) in [6.45, 7) is 0.0634. The first-order chi connectivity index (χ1) is 6.23. The average molecular weight is 272 g/mol. The summed E-state index contributed by atoms with van der Waals surface area (Å²) in [7, 11) is -8.34. The quantitative estimate of drug-likeness (QED) is 0.188. The van der Waals surface area contributed by atoms with E-state index < -0.39 is 27.8 Å². The second-order valence-corrected chi connectivity index (χ2v) is 4.95. The summed E-state index contributed by atoms with van der Waals surface area (Å²) in [5.41, 5.74) is 2.12. The first-order valence-electron chi connectivity index (χ1n) is 3.56. The van der Waals surface area contributed by atoms with Crippen molar-refractivity contribution in [1.29, 1.82) is 0 Å². The molecule has 0 saturated heterocycles. The van der Waals surface area contributed by atoms with Crippen molar-refractivity contribution in [3.63, 3.8) is 0 Å². The van der Waals surface area contributed by atoms with Crippen LogP contribution in [0.4, 0.5) is 0 Å². The molecule has 11 heteroatoms. The molecule has 0 heterocycles. The molecule has 0 aromatic carbocycles. The van der Waals surface area contributed by atoms with E-state index in [4.69, 9.17) is 20.4 Å². The molecule has 0 bridgehead atoms.